The fraction of sp³-hybridized carbons (Fsp3) is 0.500. The molecule has 0 spiro atoms. The highest BCUT2D eigenvalue weighted by molar-refractivity contribution is 5.85. The highest BCUT2D eigenvalue weighted by Crippen LogP contribution is 2.16. The molecule has 4 nitrogen and oxygen atoms in total. The van der Waals surface area contributed by atoms with Crippen molar-refractivity contribution in [3.63, 3.8) is 0 Å². The molecule has 0 amide bonds. The number of pyridine rings is 1. The number of aromatic nitrogens is 1. The standard InChI is InChI=1S/C10H17N3O.ClH/c1-14-10-5-4-8(7-13-10)9(12)3-2-6-11;/h4-5,7,9H,2-3,6,11-12H2,1H3;1H/t9-;/m0./s1. The SMILES string of the molecule is COc1ccc([C@@H](N)CCCN)cn1.Cl. The van der Waals surface area contributed by atoms with Crippen LogP contribution in [0.2, 0.25) is 0 Å². The summed E-state index contributed by atoms with van der Waals surface area (Å²) in [4.78, 5) is 4.09. The van der Waals surface area contributed by atoms with Gasteiger partial charge in [0.25, 0.3) is 0 Å². The van der Waals surface area contributed by atoms with Crippen LogP contribution in [0.25, 0.3) is 0 Å². The van der Waals surface area contributed by atoms with Gasteiger partial charge in [0.05, 0.1) is 7.11 Å². The van der Waals surface area contributed by atoms with E-state index in [1.807, 2.05) is 12.1 Å². The largest absolute Gasteiger partial charge is 0.481 e. The molecule has 0 fully saturated rings. The molecular formula is C10H18ClN3O. The summed E-state index contributed by atoms with van der Waals surface area (Å²) in [5, 5.41) is 0. The van der Waals surface area contributed by atoms with E-state index in [-0.39, 0.29) is 18.4 Å². The van der Waals surface area contributed by atoms with Gasteiger partial charge in [-0.05, 0) is 24.9 Å². The van der Waals surface area contributed by atoms with Crippen LogP contribution in [0.1, 0.15) is 24.4 Å². The Morgan fingerprint density at radius 3 is 2.67 bits per heavy atom. The fourth-order valence-corrected chi connectivity index (χ4v) is 1.24. The van der Waals surface area contributed by atoms with Gasteiger partial charge < -0.3 is 16.2 Å². The summed E-state index contributed by atoms with van der Waals surface area (Å²) in [5.74, 6) is 0.611. The van der Waals surface area contributed by atoms with E-state index in [2.05, 4.69) is 4.98 Å². The van der Waals surface area contributed by atoms with Crippen LogP contribution in [0.3, 0.4) is 0 Å². The average Bonchev–Trinajstić information content (AvgIpc) is 2.26. The third-order valence-electron chi connectivity index (χ3n) is 2.12. The van der Waals surface area contributed by atoms with Gasteiger partial charge in [0.15, 0.2) is 0 Å². The van der Waals surface area contributed by atoms with Crippen molar-refractivity contribution >= 4 is 12.4 Å². The first kappa shape index (κ1) is 14.2. The molecule has 0 unspecified atom stereocenters. The van der Waals surface area contributed by atoms with Gasteiger partial charge in [0.1, 0.15) is 0 Å². The number of halogens is 1. The van der Waals surface area contributed by atoms with Gasteiger partial charge >= 0.3 is 0 Å². The van der Waals surface area contributed by atoms with E-state index in [0.29, 0.717) is 12.4 Å². The molecule has 86 valence electrons. The third kappa shape index (κ3) is 4.46. The second kappa shape index (κ2) is 7.45. The zero-order valence-electron chi connectivity index (χ0n) is 8.85. The third-order valence-corrected chi connectivity index (χ3v) is 2.12. The molecule has 1 rings (SSSR count). The molecule has 1 atom stereocenters. The minimum Gasteiger partial charge on any atom is -0.481 e. The van der Waals surface area contributed by atoms with E-state index in [4.69, 9.17) is 16.2 Å². The van der Waals surface area contributed by atoms with Crippen LogP contribution in [-0.4, -0.2) is 18.6 Å². The first-order valence-electron chi connectivity index (χ1n) is 4.73. The molecule has 1 aromatic rings. The predicted molar refractivity (Wildman–Crippen MR) is 63.3 cm³/mol. The summed E-state index contributed by atoms with van der Waals surface area (Å²) in [6.45, 7) is 0.678. The highest BCUT2D eigenvalue weighted by atomic mass is 35.5. The second-order valence-corrected chi connectivity index (χ2v) is 3.17. The number of ether oxygens (including phenoxy) is 1. The van der Waals surface area contributed by atoms with E-state index >= 15 is 0 Å². The van der Waals surface area contributed by atoms with Crippen molar-refractivity contribution in [1.29, 1.82) is 0 Å². The normalized spacial score (nSPS) is 11.7. The Morgan fingerprint density at radius 2 is 2.20 bits per heavy atom. The number of nitrogens with two attached hydrogens (primary N) is 2. The van der Waals surface area contributed by atoms with Gasteiger partial charge in [-0.2, -0.15) is 0 Å². The average molecular weight is 232 g/mol. The lowest BCUT2D eigenvalue weighted by atomic mass is 10.1. The molecule has 0 aliphatic rings. The topological polar surface area (TPSA) is 74.2 Å². The maximum absolute atomic E-state index is 5.94. The molecule has 0 aliphatic heterocycles. The van der Waals surface area contributed by atoms with E-state index < -0.39 is 0 Å². The fourth-order valence-electron chi connectivity index (χ4n) is 1.24. The Balaban J connectivity index is 0.00000196. The van der Waals surface area contributed by atoms with Crippen LogP contribution in [-0.2, 0) is 0 Å². The van der Waals surface area contributed by atoms with E-state index in [1.54, 1.807) is 13.3 Å². The molecule has 5 heteroatoms. The van der Waals surface area contributed by atoms with Gasteiger partial charge in [-0.15, -0.1) is 12.4 Å². The molecule has 0 saturated carbocycles. The van der Waals surface area contributed by atoms with Gasteiger partial charge in [-0.3, -0.25) is 0 Å². The Labute approximate surface area is 96.4 Å². The maximum Gasteiger partial charge on any atom is 0.212 e. The Bertz CT molecular complexity index is 266. The Kier molecular flexibility index (Phi) is 7.03. The van der Waals surface area contributed by atoms with Gasteiger partial charge in [0, 0.05) is 18.3 Å². The minimum absolute atomic E-state index is 0. The second-order valence-electron chi connectivity index (χ2n) is 3.17. The molecule has 0 aromatic carbocycles. The van der Waals surface area contributed by atoms with Crippen molar-refractivity contribution in [3.05, 3.63) is 23.9 Å². The number of hydrogen-bond acceptors (Lipinski definition) is 4. The predicted octanol–water partition coefficient (Wildman–Crippen LogP) is 1.25. The van der Waals surface area contributed by atoms with Crippen LogP contribution >= 0.6 is 12.4 Å². The molecule has 0 saturated heterocycles. The molecule has 1 heterocycles. The molecule has 0 bridgehead atoms. The van der Waals surface area contributed by atoms with Gasteiger partial charge in [0.2, 0.25) is 5.88 Å². The minimum atomic E-state index is 0. The maximum atomic E-state index is 5.94. The first-order chi connectivity index (χ1) is 6.77. The quantitative estimate of drug-likeness (QED) is 0.800. The van der Waals surface area contributed by atoms with Crippen LogP contribution in [0, 0.1) is 0 Å². The van der Waals surface area contributed by atoms with Crippen molar-refractivity contribution in [2.75, 3.05) is 13.7 Å². The Hall–Kier alpha value is -0.840. The molecule has 1 aromatic heterocycles. The molecule has 0 radical (unpaired) electrons. The number of hydrogen-bond donors (Lipinski definition) is 2. The zero-order chi connectivity index (χ0) is 10.4. The Morgan fingerprint density at radius 1 is 1.47 bits per heavy atom. The molecule has 0 aliphatic carbocycles. The summed E-state index contributed by atoms with van der Waals surface area (Å²) in [7, 11) is 1.59. The molecule has 15 heavy (non-hydrogen) atoms. The first-order valence-corrected chi connectivity index (χ1v) is 4.73. The van der Waals surface area contributed by atoms with Crippen LogP contribution in [0.15, 0.2) is 18.3 Å². The lowest BCUT2D eigenvalue weighted by Gasteiger charge is -2.10. The lowest BCUT2D eigenvalue weighted by Crippen LogP contribution is -2.12. The van der Waals surface area contributed by atoms with Gasteiger partial charge in [-0.25, -0.2) is 4.98 Å². The van der Waals surface area contributed by atoms with Crippen molar-refractivity contribution in [2.24, 2.45) is 11.5 Å². The van der Waals surface area contributed by atoms with Crippen molar-refractivity contribution < 1.29 is 4.74 Å². The summed E-state index contributed by atoms with van der Waals surface area (Å²) in [6.07, 6.45) is 3.58. The van der Waals surface area contributed by atoms with Crippen LogP contribution in [0.5, 0.6) is 5.88 Å². The van der Waals surface area contributed by atoms with E-state index in [0.717, 1.165) is 18.4 Å². The van der Waals surface area contributed by atoms with Crippen LogP contribution in [0.4, 0.5) is 0 Å². The van der Waals surface area contributed by atoms with E-state index in [1.165, 1.54) is 0 Å². The summed E-state index contributed by atoms with van der Waals surface area (Å²) in [6, 6.07) is 3.78. The number of nitrogens with zero attached hydrogens (tertiary/aromatic N) is 1. The smallest absolute Gasteiger partial charge is 0.212 e. The van der Waals surface area contributed by atoms with Gasteiger partial charge in [-0.1, -0.05) is 6.07 Å². The highest BCUT2D eigenvalue weighted by Gasteiger charge is 2.05. The molecular weight excluding hydrogens is 214 g/mol. The summed E-state index contributed by atoms with van der Waals surface area (Å²) < 4.78 is 4.96. The molecule has 4 N–H and O–H groups in total. The van der Waals surface area contributed by atoms with Crippen LogP contribution < -0.4 is 16.2 Å². The zero-order valence-corrected chi connectivity index (χ0v) is 9.67. The van der Waals surface area contributed by atoms with Crippen molar-refractivity contribution in [1.82, 2.24) is 4.98 Å². The monoisotopic (exact) mass is 231 g/mol. The van der Waals surface area contributed by atoms with Crippen molar-refractivity contribution in [3.8, 4) is 5.88 Å². The summed E-state index contributed by atoms with van der Waals surface area (Å²) in [5.41, 5.74) is 12.4. The summed E-state index contributed by atoms with van der Waals surface area (Å²) >= 11 is 0. The van der Waals surface area contributed by atoms with E-state index in [9.17, 15) is 0 Å². The number of methoxy groups -OCH3 is 1. The van der Waals surface area contributed by atoms with Crippen molar-refractivity contribution in [2.45, 2.75) is 18.9 Å². The number of rotatable bonds is 5. The lowest BCUT2D eigenvalue weighted by molar-refractivity contribution is 0.397.